The monoisotopic (exact) mass is 135 g/mol. The summed E-state index contributed by atoms with van der Waals surface area (Å²) in [5.41, 5.74) is 0. The Kier molecular flexibility index (Phi) is 1.49. The van der Waals surface area contributed by atoms with Crippen molar-refractivity contribution in [3.05, 3.63) is 0 Å². The summed E-state index contributed by atoms with van der Waals surface area (Å²) < 4.78 is 8.72. The average molecular weight is 135 g/mol. The van der Waals surface area contributed by atoms with Crippen molar-refractivity contribution in [2.24, 2.45) is 4.40 Å². The van der Waals surface area contributed by atoms with Gasteiger partial charge in [0.25, 0.3) is 0 Å². The highest BCUT2D eigenvalue weighted by Gasteiger charge is 2.11. The third-order valence-corrected chi connectivity index (χ3v) is 1.57. The molecule has 0 saturated heterocycles. The molecule has 1 unspecified atom stereocenters. The minimum Gasteiger partial charge on any atom is -0.455 e. The van der Waals surface area contributed by atoms with Gasteiger partial charge in [0.15, 0.2) is 5.90 Å². The standard InChI is InChI=1S/C3H5NOS2/c1-2-4-7-3(6)5-2/h3,6H,1H3. The van der Waals surface area contributed by atoms with E-state index in [-0.39, 0.29) is 4.77 Å². The fourth-order valence-electron chi connectivity index (χ4n) is 0.308. The molecule has 2 nitrogen and oxygen atoms in total. The maximum atomic E-state index is 4.94. The van der Waals surface area contributed by atoms with Crippen molar-refractivity contribution in [3.8, 4) is 0 Å². The zero-order valence-corrected chi connectivity index (χ0v) is 5.50. The lowest BCUT2D eigenvalue weighted by molar-refractivity contribution is 0.362. The van der Waals surface area contributed by atoms with Crippen LogP contribution in [-0.2, 0) is 4.74 Å². The van der Waals surface area contributed by atoms with Crippen LogP contribution in [0.15, 0.2) is 4.40 Å². The van der Waals surface area contributed by atoms with Crippen LogP contribution in [-0.4, -0.2) is 10.7 Å². The quantitative estimate of drug-likeness (QED) is 0.399. The van der Waals surface area contributed by atoms with E-state index in [9.17, 15) is 0 Å². The summed E-state index contributed by atoms with van der Waals surface area (Å²) in [6, 6.07) is 0. The molecule has 0 amide bonds. The van der Waals surface area contributed by atoms with Crippen LogP contribution >= 0.6 is 24.6 Å². The molecule has 0 aromatic heterocycles. The molecule has 1 rings (SSSR count). The Morgan fingerprint density at radius 1 is 2.00 bits per heavy atom. The number of nitrogens with zero attached hydrogens (tertiary/aromatic N) is 1. The summed E-state index contributed by atoms with van der Waals surface area (Å²) in [6.45, 7) is 1.81. The second-order valence-electron chi connectivity index (χ2n) is 1.14. The second-order valence-corrected chi connectivity index (χ2v) is 2.78. The van der Waals surface area contributed by atoms with Crippen molar-refractivity contribution >= 4 is 30.5 Å². The number of rotatable bonds is 0. The Morgan fingerprint density at radius 2 is 2.71 bits per heavy atom. The molecule has 40 valence electrons. The molecule has 1 aliphatic rings. The number of thiol groups is 1. The molecular weight excluding hydrogens is 130 g/mol. The van der Waals surface area contributed by atoms with Crippen molar-refractivity contribution in [3.63, 3.8) is 0 Å². The van der Waals surface area contributed by atoms with Gasteiger partial charge in [0.05, 0.1) is 0 Å². The van der Waals surface area contributed by atoms with Crippen LogP contribution in [0.5, 0.6) is 0 Å². The van der Waals surface area contributed by atoms with E-state index < -0.39 is 0 Å². The summed E-state index contributed by atoms with van der Waals surface area (Å²) in [4.78, 5) is 0. The summed E-state index contributed by atoms with van der Waals surface area (Å²) >= 11 is 5.31. The van der Waals surface area contributed by atoms with Gasteiger partial charge in [0.2, 0.25) is 4.77 Å². The Labute approximate surface area is 51.9 Å². The first-order chi connectivity index (χ1) is 3.29. The van der Waals surface area contributed by atoms with Gasteiger partial charge in [-0.1, -0.05) is 0 Å². The van der Waals surface area contributed by atoms with Gasteiger partial charge in [0.1, 0.15) is 0 Å². The van der Waals surface area contributed by atoms with E-state index in [1.54, 1.807) is 0 Å². The summed E-state index contributed by atoms with van der Waals surface area (Å²) in [7, 11) is 0. The lowest BCUT2D eigenvalue weighted by atomic mass is 10.8. The Morgan fingerprint density at radius 3 is 2.86 bits per heavy atom. The first-order valence-electron chi connectivity index (χ1n) is 1.84. The van der Waals surface area contributed by atoms with E-state index in [4.69, 9.17) is 4.74 Å². The van der Waals surface area contributed by atoms with Crippen molar-refractivity contribution < 1.29 is 4.74 Å². The van der Waals surface area contributed by atoms with Crippen molar-refractivity contribution in [1.29, 1.82) is 0 Å². The van der Waals surface area contributed by atoms with Gasteiger partial charge in [-0.05, 0) is 0 Å². The lowest BCUT2D eigenvalue weighted by Crippen LogP contribution is -1.95. The molecule has 0 fully saturated rings. The van der Waals surface area contributed by atoms with Gasteiger partial charge in [-0.2, -0.15) is 4.40 Å². The van der Waals surface area contributed by atoms with Crippen molar-refractivity contribution in [2.45, 2.75) is 11.7 Å². The topological polar surface area (TPSA) is 21.6 Å². The highest BCUT2D eigenvalue weighted by Crippen LogP contribution is 2.23. The average Bonchev–Trinajstić information content (AvgIpc) is 1.87. The molecule has 4 heteroatoms. The van der Waals surface area contributed by atoms with Crippen LogP contribution in [0.4, 0.5) is 0 Å². The molecule has 1 aliphatic heterocycles. The van der Waals surface area contributed by atoms with Crippen LogP contribution in [0.2, 0.25) is 0 Å². The van der Waals surface area contributed by atoms with Crippen LogP contribution in [0.25, 0.3) is 0 Å². The van der Waals surface area contributed by atoms with E-state index in [0.29, 0.717) is 5.90 Å². The third-order valence-electron chi connectivity index (χ3n) is 0.543. The lowest BCUT2D eigenvalue weighted by Gasteiger charge is -1.96. The van der Waals surface area contributed by atoms with Crippen molar-refractivity contribution in [1.82, 2.24) is 0 Å². The molecule has 0 saturated carbocycles. The maximum absolute atomic E-state index is 4.94. The van der Waals surface area contributed by atoms with Crippen LogP contribution < -0.4 is 0 Å². The minimum absolute atomic E-state index is 0.0694. The normalized spacial score (nSPS) is 29.4. The minimum atomic E-state index is -0.0694. The summed E-state index contributed by atoms with van der Waals surface area (Å²) in [6.07, 6.45) is 0. The molecule has 1 atom stereocenters. The van der Waals surface area contributed by atoms with Gasteiger partial charge in [-0.15, -0.1) is 12.6 Å². The second kappa shape index (κ2) is 1.96. The molecule has 0 radical (unpaired) electrons. The van der Waals surface area contributed by atoms with Gasteiger partial charge in [-0.3, -0.25) is 0 Å². The van der Waals surface area contributed by atoms with Gasteiger partial charge < -0.3 is 4.74 Å². The highest BCUT2D eigenvalue weighted by atomic mass is 32.2. The zero-order chi connectivity index (χ0) is 5.28. The zero-order valence-electron chi connectivity index (χ0n) is 3.79. The van der Waals surface area contributed by atoms with E-state index >= 15 is 0 Å². The summed E-state index contributed by atoms with van der Waals surface area (Å²) in [5.74, 6) is 0.713. The van der Waals surface area contributed by atoms with Gasteiger partial charge >= 0.3 is 0 Å². The maximum Gasteiger partial charge on any atom is 0.210 e. The van der Waals surface area contributed by atoms with Gasteiger partial charge in [-0.25, -0.2) is 0 Å². The van der Waals surface area contributed by atoms with E-state index in [1.807, 2.05) is 6.92 Å². The summed E-state index contributed by atoms with van der Waals surface area (Å²) in [5, 5.41) is 0. The van der Waals surface area contributed by atoms with Gasteiger partial charge in [0, 0.05) is 18.9 Å². The van der Waals surface area contributed by atoms with E-state index in [0.717, 1.165) is 0 Å². The molecule has 0 aromatic carbocycles. The van der Waals surface area contributed by atoms with E-state index in [2.05, 4.69) is 17.0 Å². The molecule has 7 heavy (non-hydrogen) atoms. The largest absolute Gasteiger partial charge is 0.455 e. The predicted octanol–water partition coefficient (Wildman–Crippen LogP) is 1.30. The number of ether oxygens (including phenoxy) is 1. The molecule has 0 aliphatic carbocycles. The van der Waals surface area contributed by atoms with Crippen molar-refractivity contribution in [2.75, 3.05) is 0 Å². The first-order valence-corrected chi connectivity index (χ1v) is 3.19. The molecule has 0 N–H and O–H groups in total. The first kappa shape index (κ1) is 5.31. The van der Waals surface area contributed by atoms with E-state index in [1.165, 1.54) is 11.9 Å². The Hall–Kier alpha value is 0.170. The Bertz CT molecular complexity index is 103. The third kappa shape index (κ3) is 1.28. The molecular formula is C3H5NOS2. The van der Waals surface area contributed by atoms with Crippen LogP contribution in [0, 0.1) is 0 Å². The molecule has 0 bridgehead atoms. The number of hydrogen-bond donors (Lipinski definition) is 1. The van der Waals surface area contributed by atoms with Crippen LogP contribution in [0.3, 0.4) is 0 Å². The van der Waals surface area contributed by atoms with Crippen LogP contribution in [0.1, 0.15) is 6.92 Å². The fraction of sp³-hybridized carbons (Fsp3) is 0.667. The Balaban J connectivity index is 2.42. The highest BCUT2D eigenvalue weighted by molar-refractivity contribution is 8.09. The molecule has 0 spiro atoms. The fourth-order valence-corrected chi connectivity index (χ4v) is 1.07. The molecule has 0 aromatic rings. The smallest absolute Gasteiger partial charge is 0.210 e. The predicted molar refractivity (Wildman–Crippen MR) is 34.6 cm³/mol. The molecule has 1 heterocycles. The SMILES string of the molecule is CC1=NSC(S)O1. The number of hydrogen-bond acceptors (Lipinski definition) is 4.